The van der Waals surface area contributed by atoms with Gasteiger partial charge in [0.05, 0.1) is 22.8 Å². The molecule has 0 spiro atoms. The number of piperidine rings is 1. The third-order valence-corrected chi connectivity index (χ3v) is 5.58. The van der Waals surface area contributed by atoms with Crippen molar-refractivity contribution in [2.24, 2.45) is 5.92 Å². The second-order valence-corrected chi connectivity index (χ2v) is 7.74. The van der Waals surface area contributed by atoms with E-state index in [2.05, 4.69) is 12.0 Å². The number of aryl methyl sites for hydroxylation is 1. The standard InChI is InChI=1S/C19H23Cl2N3O/c1-12-6-8-23(9-7-12)19(25)11-16-13(2)22-24(14(16)3)18-5-4-15(20)10-17(18)21/h4-5,10,12H,6-9,11H2,1-3H3. The summed E-state index contributed by atoms with van der Waals surface area (Å²) in [6.45, 7) is 7.88. The summed E-state index contributed by atoms with van der Waals surface area (Å²) in [6, 6.07) is 5.34. The maximum atomic E-state index is 12.7. The predicted octanol–water partition coefficient (Wildman–Crippen LogP) is 4.60. The highest BCUT2D eigenvalue weighted by Gasteiger charge is 2.23. The van der Waals surface area contributed by atoms with E-state index in [1.54, 1.807) is 16.8 Å². The van der Waals surface area contributed by atoms with Gasteiger partial charge in [0.15, 0.2) is 0 Å². The zero-order valence-electron chi connectivity index (χ0n) is 14.9. The lowest BCUT2D eigenvalue weighted by Crippen LogP contribution is -2.38. The van der Waals surface area contributed by atoms with Gasteiger partial charge in [-0.1, -0.05) is 30.1 Å². The van der Waals surface area contributed by atoms with E-state index in [4.69, 9.17) is 23.2 Å². The second-order valence-electron chi connectivity index (χ2n) is 6.90. The quantitative estimate of drug-likeness (QED) is 0.781. The van der Waals surface area contributed by atoms with Gasteiger partial charge in [-0.25, -0.2) is 4.68 Å². The lowest BCUT2D eigenvalue weighted by molar-refractivity contribution is -0.131. The van der Waals surface area contributed by atoms with E-state index in [0.29, 0.717) is 22.4 Å². The number of nitrogens with zero attached hydrogens (tertiary/aromatic N) is 3. The average Bonchev–Trinajstić information content (AvgIpc) is 2.83. The maximum absolute atomic E-state index is 12.7. The number of halogens is 2. The van der Waals surface area contributed by atoms with Crippen LogP contribution in [-0.2, 0) is 11.2 Å². The number of amides is 1. The van der Waals surface area contributed by atoms with Crippen LogP contribution in [0.4, 0.5) is 0 Å². The van der Waals surface area contributed by atoms with Crippen molar-refractivity contribution < 1.29 is 4.79 Å². The zero-order chi connectivity index (χ0) is 18.1. The van der Waals surface area contributed by atoms with Crippen molar-refractivity contribution in [3.05, 3.63) is 45.2 Å². The van der Waals surface area contributed by atoms with E-state index in [1.165, 1.54) is 0 Å². The zero-order valence-corrected chi connectivity index (χ0v) is 16.4. The van der Waals surface area contributed by atoms with Crippen LogP contribution in [0.2, 0.25) is 10.0 Å². The molecule has 6 heteroatoms. The molecule has 1 aliphatic rings. The molecule has 2 aromatic rings. The van der Waals surface area contributed by atoms with Crippen LogP contribution >= 0.6 is 23.2 Å². The van der Waals surface area contributed by atoms with E-state index in [1.807, 2.05) is 24.8 Å². The van der Waals surface area contributed by atoms with Crippen LogP contribution in [0.3, 0.4) is 0 Å². The van der Waals surface area contributed by atoms with Crippen LogP contribution < -0.4 is 0 Å². The average molecular weight is 380 g/mol. The van der Waals surface area contributed by atoms with E-state index in [9.17, 15) is 4.79 Å². The first-order chi connectivity index (χ1) is 11.9. The lowest BCUT2D eigenvalue weighted by atomic mass is 9.98. The van der Waals surface area contributed by atoms with Crippen LogP contribution in [0.1, 0.15) is 36.7 Å². The molecule has 2 heterocycles. The molecule has 1 aliphatic heterocycles. The minimum Gasteiger partial charge on any atom is -0.342 e. The minimum atomic E-state index is 0.180. The van der Waals surface area contributed by atoms with E-state index >= 15 is 0 Å². The molecule has 1 amide bonds. The van der Waals surface area contributed by atoms with Gasteiger partial charge in [0.25, 0.3) is 0 Å². The van der Waals surface area contributed by atoms with Gasteiger partial charge in [0.1, 0.15) is 0 Å². The molecule has 4 nitrogen and oxygen atoms in total. The molecule has 3 rings (SSSR count). The Hall–Kier alpha value is -1.52. The SMILES string of the molecule is Cc1nn(-c2ccc(Cl)cc2Cl)c(C)c1CC(=O)N1CCC(C)CC1. The molecular weight excluding hydrogens is 357 g/mol. The van der Waals surface area contributed by atoms with Crippen LogP contribution in [0.5, 0.6) is 0 Å². The lowest BCUT2D eigenvalue weighted by Gasteiger charge is -2.30. The first-order valence-electron chi connectivity index (χ1n) is 8.65. The molecule has 0 unspecified atom stereocenters. The fourth-order valence-electron chi connectivity index (χ4n) is 3.34. The maximum Gasteiger partial charge on any atom is 0.227 e. The molecule has 0 radical (unpaired) electrons. The van der Waals surface area contributed by atoms with Gasteiger partial charge in [-0.15, -0.1) is 0 Å². The fraction of sp³-hybridized carbons (Fsp3) is 0.474. The van der Waals surface area contributed by atoms with Gasteiger partial charge in [0, 0.05) is 29.4 Å². The van der Waals surface area contributed by atoms with Crippen LogP contribution in [-0.4, -0.2) is 33.7 Å². The van der Waals surface area contributed by atoms with Gasteiger partial charge in [-0.3, -0.25) is 4.79 Å². The fourth-order valence-corrected chi connectivity index (χ4v) is 3.83. The van der Waals surface area contributed by atoms with Gasteiger partial charge in [-0.2, -0.15) is 5.10 Å². The molecule has 0 saturated carbocycles. The number of likely N-dealkylation sites (tertiary alicyclic amines) is 1. The van der Waals surface area contributed by atoms with Crippen molar-refractivity contribution in [2.45, 2.75) is 40.0 Å². The molecule has 134 valence electrons. The van der Waals surface area contributed by atoms with E-state index in [-0.39, 0.29) is 5.91 Å². The summed E-state index contributed by atoms with van der Waals surface area (Å²) >= 11 is 12.3. The summed E-state index contributed by atoms with van der Waals surface area (Å²) in [5.41, 5.74) is 3.56. The Morgan fingerprint density at radius 1 is 1.24 bits per heavy atom. The molecule has 1 aromatic heterocycles. The van der Waals surface area contributed by atoms with Gasteiger partial charge >= 0.3 is 0 Å². The predicted molar refractivity (Wildman–Crippen MR) is 102 cm³/mol. The molecule has 0 N–H and O–H groups in total. The van der Waals surface area contributed by atoms with E-state index < -0.39 is 0 Å². The third-order valence-electron chi connectivity index (χ3n) is 5.04. The van der Waals surface area contributed by atoms with Crippen molar-refractivity contribution in [1.29, 1.82) is 0 Å². The summed E-state index contributed by atoms with van der Waals surface area (Å²) in [5.74, 6) is 0.891. The molecule has 0 aliphatic carbocycles. The molecule has 25 heavy (non-hydrogen) atoms. The first-order valence-corrected chi connectivity index (χ1v) is 9.40. The normalized spacial score (nSPS) is 15.6. The molecule has 1 fully saturated rings. The second kappa shape index (κ2) is 7.38. The Kier molecular flexibility index (Phi) is 5.40. The van der Waals surface area contributed by atoms with Crippen LogP contribution in [0, 0.1) is 19.8 Å². The summed E-state index contributed by atoms with van der Waals surface area (Å²) in [6.07, 6.45) is 2.56. The number of benzene rings is 1. The minimum absolute atomic E-state index is 0.180. The Labute approximate surface area is 158 Å². The molecule has 1 saturated heterocycles. The summed E-state index contributed by atoms with van der Waals surface area (Å²) in [4.78, 5) is 14.7. The van der Waals surface area contributed by atoms with Crippen molar-refractivity contribution in [1.82, 2.24) is 14.7 Å². The molecular formula is C19H23Cl2N3O. The molecule has 1 aromatic carbocycles. The first kappa shape index (κ1) is 18.3. The van der Waals surface area contributed by atoms with Crippen molar-refractivity contribution >= 4 is 29.1 Å². The van der Waals surface area contributed by atoms with Crippen molar-refractivity contribution in [3.8, 4) is 5.69 Å². The third kappa shape index (κ3) is 3.85. The number of hydrogen-bond acceptors (Lipinski definition) is 2. The number of rotatable bonds is 3. The van der Waals surface area contributed by atoms with Crippen molar-refractivity contribution in [3.63, 3.8) is 0 Å². The van der Waals surface area contributed by atoms with E-state index in [0.717, 1.165) is 48.6 Å². The molecule has 0 atom stereocenters. The Balaban J connectivity index is 1.83. The topological polar surface area (TPSA) is 38.1 Å². The Morgan fingerprint density at radius 3 is 2.56 bits per heavy atom. The summed E-state index contributed by atoms with van der Waals surface area (Å²) < 4.78 is 1.80. The van der Waals surface area contributed by atoms with Gasteiger partial charge in [-0.05, 0) is 50.8 Å². The summed E-state index contributed by atoms with van der Waals surface area (Å²) in [5, 5.41) is 5.73. The van der Waals surface area contributed by atoms with Gasteiger partial charge < -0.3 is 4.90 Å². The molecule has 0 bridgehead atoms. The largest absolute Gasteiger partial charge is 0.342 e. The smallest absolute Gasteiger partial charge is 0.227 e. The van der Waals surface area contributed by atoms with Crippen molar-refractivity contribution in [2.75, 3.05) is 13.1 Å². The number of carbonyl (C=O) groups is 1. The number of hydrogen-bond donors (Lipinski definition) is 0. The van der Waals surface area contributed by atoms with Gasteiger partial charge in [0.2, 0.25) is 5.91 Å². The number of aromatic nitrogens is 2. The summed E-state index contributed by atoms with van der Waals surface area (Å²) in [7, 11) is 0. The van der Waals surface area contributed by atoms with Crippen LogP contribution in [0.25, 0.3) is 5.69 Å². The number of carbonyl (C=O) groups excluding carboxylic acids is 1. The monoisotopic (exact) mass is 379 g/mol. The Bertz CT molecular complexity index is 792. The highest BCUT2D eigenvalue weighted by molar-refractivity contribution is 6.35. The van der Waals surface area contributed by atoms with Crippen LogP contribution in [0.15, 0.2) is 18.2 Å². The Morgan fingerprint density at radius 2 is 1.92 bits per heavy atom. The highest BCUT2D eigenvalue weighted by atomic mass is 35.5. The highest BCUT2D eigenvalue weighted by Crippen LogP contribution is 2.27.